The fourth-order valence-electron chi connectivity index (χ4n) is 2.47. The van der Waals surface area contributed by atoms with Crippen LogP contribution >= 0.6 is 0 Å². The Balaban J connectivity index is 2.11. The van der Waals surface area contributed by atoms with Gasteiger partial charge in [0.1, 0.15) is 5.75 Å². The highest BCUT2D eigenvalue weighted by Crippen LogP contribution is 2.26. The van der Waals surface area contributed by atoms with Crippen LogP contribution in [-0.2, 0) is 11.3 Å². The number of amides is 1. The maximum absolute atomic E-state index is 12.4. The average molecular weight is 313 g/mol. The third-order valence-electron chi connectivity index (χ3n) is 3.73. The smallest absolute Gasteiger partial charge is 0.251 e. The SMILES string of the molecule is COCc1ccc(C(=O)N[C@@H](C)c2cc(C)ccc2OC)cc1. The second-order valence-corrected chi connectivity index (χ2v) is 5.57. The van der Waals surface area contributed by atoms with E-state index in [1.165, 1.54) is 0 Å². The predicted molar refractivity (Wildman–Crippen MR) is 90.8 cm³/mol. The summed E-state index contributed by atoms with van der Waals surface area (Å²) >= 11 is 0. The number of hydrogen-bond donors (Lipinski definition) is 1. The quantitative estimate of drug-likeness (QED) is 0.885. The van der Waals surface area contributed by atoms with Gasteiger partial charge < -0.3 is 14.8 Å². The highest BCUT2D eigenvalue weighted by molar-refractivity contribution is 5.94. The summed E-state index contributed by atoms with van der Waals surface area (Å²) in [5.74, 6) is 0.670. The number of carbonyl (C=O) groups excluding carboxylic acids is 1. The summed E-state index contributed by atoms with van der Waals surface area (Å²) in [4.78, 5) is 12.4. The van der Waals surface area contributed by atoms with Crippen LogP contribution in [0.3, 0.4) is 0 Å². The molecule has 0 fully saturated rings. The lowest BCUT2D eigenvalue weighted by atomic mass is 10.0. The van der Waals surface area contributed by atoms with Gasteiger partial charge in [0.15, 0.2) is 0 Å². The van der Waals surface area contributed by atoms with Crippen molar-refractivity contribution < 1.29 is 14.3 Å². The van der Waals surface area contributed by atoms with Crippen molar-refractivity contribution in [3.63, 3.8) is 0 Å². The maximum atomic E-state index is 12.4. The summed E-state index contributed by atoms with van der Waals surface area (Å²) in [7, 11) is 3.29. The number of benzene rings is 2. The number of ether oxygens (including phenoxy) is 2. The Morgan fingerprint density at radius 2 is 1.83 bits per heavy atom. The summed E-state index contributed by atoms with van der Waals surface area (Å²) in [5, 5.41) is 3.02. The van der Waals surface area contributed by atoms with Gasteiger partial charge in [0.2, 0.25) is 0 Å². The van der Waals surface area contributed by atoms with Gasteiger partial charge in [-0.2, -0.15) is 0 Å². The molecule has 0 unspecified atom stereocenters. The molecule has 1 amide bonds. The van der Waals surface area contributed by atoms with E-state index in [1.807, 2.05) is 56.3 Å². The third kappa shape index (κ3) is 4.33. The van der Waals surface area contributed by atoms with Crippen molar-refractivity contribution >= 4 is 5.91 Å². The van der Waals surface area contributed by atoms with E-state index in [9.17, 15) is 4.79 Å². The molecule has 0 bridgehead atoms. The number of rotatable bonds is 6. The summed E-state index contributed by atoms with van der Waals surface area (Å²) in [6.07, 6.45) is 0. The van der Waals surface area contributed by atoms with Crippen molar-refractivity contribution in [3.05, 3.63) is 64.7 Å². The van der Waals surface area contributed by atoms with Gasteiger partial charge in [-0.05, 0) is 37.6 Å². The first-order valence-corrected chi connectivity index (χ1v) is 7.58. The van der Waals surface area contributed by atoms with Crippen molar-refractivity contribution in [2.45, 2.75) is 26.5 Å². The Bertz CT molecular complexity index is 665. The van der Waals surface area contributed by atoms with Crippen molar-refractivity contribution in [2.24, 2.45) is 0 Å². The molecule has 0 aromatic heterocycles. The van der Waals surface area contributed by atoms with Gasteiger partial charge in [-0.25, -0.2) is 0 Å². The molecule has 0 spiro atoms. The second kappa shape index (κ2) is 7.79. The van der Waals surface area contributed by atoms with Crippen molar-refractivity contribution in [2.75, 3.05) is 14.2 Å². The Labute approximate surface area is 137 Å². The van der Waals surface area contributed by atoms with Crippen LogP contribution in [-0.4, -0.2) is 20.1 Å². The first-order chi connectivity index (χ1) is 11.0. The van der Waals surface area contributed by atoms with Gasteiger partial charge >= 0.3 is 0 Å². The second-order valence-electron chi connectivity index (χ2n) is 5.57. The molecule has 1 N–H and O–H groups in total. The third-order valence-corrected chi connectivity index (χ3v) is 3.73. The van der Waals surface area contributed by atoms with Crippen molar-refractivity contribution in [3.8, 4) is 5.75 Å². The minimum Gasteiger partial charge on any atom is -0.496 e. The van der Waals surface area contributed by atoms with E-state index in [-0.39, 0.29) is 11.9 Å². The number of aryl methyl sites for hydroxylation is 1. The van der Waals surface area contributed by atoms with Crippen LogP contribution in [0.25, 0.3) is 0 Å². The summed E-state index contributed by atoms with van der Waals surface area (Å²) in [6.45, 7) is 4.51. The molecule has 0 saturated heterocycles. The molecule has 0 radical (unpaired) electrons. The lowest BCUT2D eigenvalue weighted by Gasteiger charge is -2.18. The van der Waals surface area contributed by atoms with Crippen LogP contribution < -0.4 is 10.1 Å². The van der Waals surface area contributed by atoms with Gasteiger partial charge in [0.25, 0.3) is 5.91 Å². The lowest BCUT2D eigenvalue weighted by molar-refractivity contribution is 0.0939. The number of carbonyl (C=O) groups is 1. The zero-order chi connectivity index (χ0) is 16.8. The molecule has 2 aromatic rings. The Morgan fingerprint density at radius 3 is 2.43 bits per heavy atom. The molecule has 0 aliphatic rings. The van der Waals surface area contributed by atoms with E-state index in [2.05, 4.69) is 5.32 Å². The molecule has 1 atom stereocenters. The van der Waals surface area contributed by atoms with Crippen LogP contribution in [0.15, 0.2) is 42.5 Å². The molecule has 122 valence electrons. The topological polar surface area (TPSA) is 47.6 Å². The first kappa shape index (κ1) is 17.0. The van der Waals surface area contributed by atoms with Crippen molar-refractivity contribution in [1.29, 1.82) is 0 Å². The number of methoxy groups -OCH3 is 2. The van der Waals surface area contributed by atoms with Crippen LogP contribution in [0, 0.1) is 6.92 Å². The number of nitrogens with one attached hydrogen (secondary N) is 1. The van der Waals surface area contributed by atoms with Gasteiger partial charge in [0, 0.05) is 18.2 Å². The summed E-state index contributed by atoms with van der Waals surface area (Å²) in [5.41, 5.74) is 3.77. The van der Waals surface area contributed by atoms with E-state index in [4.69, 9.17) is 9.47 Å². The van der Waals surface area contributed by atoms with Crippen LogP contribution in [0.2, 0.25) is 0 Å². The van der Waals surface area contributed by atoms with E-state index in [0.717, 1.165) is 22.4 Å². The highest BCUT2D eigenvalue weighted by atomic mass is 16.5. The van der Waals surface area contributed by atoms with E-state index >= 15 is 0 Å². The fourth-order valence-corrected chi connectivity index (χ4v) is 2.47. The first-order valence-electron chi connectivity index (χ1n) is 7.58. The molecule has 0 aliphatic heterocycles. The lowest BCUT2D eigenvalue weighted by Crippen LogP contribution is -2.27. The average Bonchev–Trinajstić information content (AvgIpc) is 2.55. The largest absolute Gasteiger partial charge is 0.496 e. The molecular formula is C19H23NO3. The monoisotopic (exact) mass is 313 g/mol. The number of hydrogen-bond acceptors (Lipinski definition) is 3. The van der Waals surface area contributed by atoms with Gasteiger partial charge in [-0.15, -0.1) is 0 Å². The Kier molecular flexibility index (Phi) is 5.77. The van der Waals surface area contributed by atoms with Crippen molar-refractivity contribution in [1.82, 2.24) is 5.32 Å². The molecule has 0 aliphatic carbocycles. The summed E-state index contributed by atoms with van der Waals surface area (Å²) < 4.78 is 10.5. The fraction of sp³-hybridized carbons (Fsp3) is 0.316. The van der Waals surface area contributed by atoms with E-state index in [0.29, 0.717) is 12.2 Å². The molecule has 4 nitrogen and oxygen atoms in total. The molecular weight excluding hydrogens is 290 g/mol. The van der Waals surface area contributed by atoms with Crippen LogP contribution in [0.5, 0.6) is 5.75 Å². The van der Waals surface area contributed by atoms with Crippen LogP contribution in [0.1, 0.15) is 40.0 Å². The molecule has 23 heavy (non-hydrogen) atoms. The molecule has 4 heteroatoms. The molecule has 2 rings (SSSR count). The van der Waals surface area contributed by atoms with Gasteiger partial charge in [0.05, 0.1) is 19.8 Å². The zero-order valence-electron chi connectivity index (χ0n) is 14.1. The van der Waals surface area contributed by atoms with Crippen LogP contribution in [0.4, 0.5) is 0 Å². The predicted octanol–water partition coefficient (Wildman–Crippen LogP) is 3.64. The highest BCUT2D eigenvalue weighted by Gasteiger charge is 2.15. The van der Waals surface area contributed by atoms with Gasteiger partial charge in [-0.3, -0.25) is 4.79 Å². The van der Waals surface area contributed by atoms with Gasteiger partial charge in [-0.1, -0.05) is 29.8 Å². The standard InChI is InChI=1S/C19H23NO3/c1-13-5-10-18(23-4)17(11-13)14(2)20-19(21)16-8-6-15(7-9-16)12-22-3/h5-11,14H,12H2,1-4H3,(H,20,21)/t14-/m0/s1. The minimum atomic E-state index is -0.143. The van der Waals surface area contributed by atoms with E-state index < -0.39 is 0 Å². The molecule has 0 saturated carbocycles. The Morgan fingerprint density at radius 1 is 1.13 bits per heavy atom. The normalized spacial score (nSPS) is 11.8. The zero-order valence-corrected chi connectivity index (χ0v) is 14.1. The Hall–Kier alpha value is -2.33. The minimum absolute atomic E-state index is 0.106. The molecule has 2 aromatic carbocycles. The summed E-state index contributed by atoms with van der Waals surface area (Å²) in [6, 6.07) is 13.2. The van der Waals surface area contributed by atoms with E-state index in [1.54, 1.807) is 14.2 Å². The maximum Gasteiger partial charge on any atom is 0.251 e. The molecule has 0 heterocycles.